The lowest BCUT2D eigenvalue weighted by Crippen LogP contribution is -2.45. The van der Waals surface area contributed by atoms with Crippen molar-refractivity contribution >= 4 is 11.9 Å². The average molecular weight is 277 g/mol. The van der Waals surface area contributed by atoms with E-state index in [-0.39, 0.29) is 6.54 Å². The summed E-state index contributed by atoms with van der Waals surface area (Å²) < 4.78 is 0. The Morgan fingerprint density at radius 2 is 1.80 bits per heavy atom. The van der Waals surface area contributed by atoms with Gasteiger partial charge in [0.15, 0.2) is 0 Å². The van der Waals surface area contributed by atoms with Crippen molar-refractivity contribution in [2.24, 2.45) is 11.8 Å². The lowest BCUT2D eigenvalue weighted by molar-refractivity contribution is -0.153. The third-order valence-electron chi connectivity index (χ3n) is 4.20. The van der Waals surface area contributed by atoms with Crippen molar-refractivity contribution in [3.05, 3.63) is 35.9 Å². The van der Waals surface area contributed by atoms with E-state index in [4.69, 9.17) is 0 Å². The monoisotopic (exact) mass is 277 g/mol. The molecule has 0 bridgehead atoms. The summed E-state index contributed by atoms with van der Waals surface area (Å²) in [5.41, 5.74) is 0.362. The minimum Gasteiger partial charge on any atom is -0.481 e. The summed E-state index contributed by atoms with van der Waals surface area (Å²) in [6, 6.07) is 9.67. The van der Waals surface area contributed by atoms with Gasteiger partial charge < -0.3 is 10.2 Å². The topological polar surface area (TPSA) is 77.8 Å². The Balaban J connectivity index is 2.27. The molecule has 1 aromatic carbocycles. The highest BCUT2D eigenvalue weighted by Crippen LogP contribution is 2.39. The first-order chi connectivity index (χ1) is 9.34. The van der Waals surface area contributed by atoms with Gasteiger partial charge in [0.1, 0.15) is 0 Å². The lowest BCUT2D eigenvalue weighted by atomic mass is 9.82. The molecule has 2 atom stereocenters. The van der Waals surface area contributed by atoms with Crippen LogP contribution in [0.4, 0.5) is 0 Å². The van der Waals surface area contributed by atoms with E-state index in [0.717, 1.165) is 5.56 Å². The lowest BCUT2D eigenvalue weighted by Gasteiger charge is -2.34. The van der Waals surface area contributed by atoms with E-state index in [1.54, 1.807) is 13.8 Å². The molecule has 108 valence electrons. The van der Waals surface area contributed by atoms with Crippen LogP contribution in [-0.4, -0.2) is 39.1 Å². The Morgan fingerprint density at radius 1 is 1.20 bits per heavy atom. The first kappa shape index (κ1) is 14.5. The predicted octanol–water partition coefficient (Wildman–Crippen LogP) is 1.68. The summed E-state index contributed by atoms with van der Waals surface area (Å²) in [7, 11) is 0. The highest BCUT2D eigenvalue weighted by molar-refractivity contribution is 5.82. The average Bonchev–Trinajstić information content (AvgIpc) is 2.62. The second-order valence-electron chi connectivity index (χ2n) is 5.78. The number of hydrogen-bond acceptors (Lipinski definition) is 3. The molecule has 1 aliphatic rings. The fourth-order valence-electron chi connectivity index (χ4n) is 3.03. The first-order valence-corrected chi connectivity index (χ1v) is 6.58. The largest absolute Gasteiger partial charge is 0.481 e. The van der Waals surface area contributed by atoms with Gasteiger partial charge in [0.05, 0.1) is 11.8 Å². The first-order valence-electron chi connectivity index (χ1n) is 6.58. The Labute approximate surface area is 117 Å². The number of aliphatic carboxylic acids is 2. The summed E-state index contributed by atoms with van der Waals surface area (Å²) in [6.45, 7) is 4.42. The summed E-state index contributed by atoms with van der Waals surface area (Å²) in [4.78, 5) is 24.7. The molecule has 1 saturated heterocycles. The summed E-state index contributed by atoms with van der Waals surface area (Å²) in [5, 5.41) is 18.6. The molecule has 1 aliphatic heterocycles. The molecular formula is C15H19NO4. The van der Waals surface area contributed by atoms with E-state index in [9.17, 15) is 19.8 Å². The van der Waals surface area contributed by atoms with E-state index in [0.29, 0.717) is 6.54 Å². The Kier molecular flexibility index (Phi) is 3.81. The maximum Gasteiger partial charge on any atom is 0.309 e. The number of likely N-dealkylation sites (tertiary alicyclic amines) is 1. The minimum atomic E-state index is -1.04. The number of benzene rings is 1. The molecule has 0 spiro atoms. The maximum absolute atomic E-state index is 11.4. The number of carboxylic acids is 2. The second-order valence-corrected chi connectivity index (χ2v) is 5.78. The molecule has 0 saturated carbocycles. The number of carboxylic acid groups (broad SMARTS) is 2. The quantitative estimate of drug-likeness (QED) is 0.875. The highest BCUT2D eigenvalue weighted by atomic mass is 16.4. The fraction of sp³-hybridized carbons (Fsp3) is 0.467. The van der Waals surface area contributed by atoms with Gasteiger partial charge in [0, 0.05) is 18.6 Å². The van der Waals surface area contributed by atoms with Crippen molar-refractivity contribution in [1.29, 1.82) is 0 Å². The molecule has 0 radical (unpaired) electrons. The highest BCUT2D eigenvalue weighted by Gasteiger charge is 2.54. The van der Waals surface area contributed by atoms with Gasteiger partial charge in [-0.1, -0.05) is 30.3 Å². The molecule has 2 N–H and O–H groups in total. The van der Waals surface area contributed by atoms with Crippen molar-refractivity contribution in [3.63, 3.8) is 0 Å². The SMILES string of the molecule is CC1(C)[C@@H](C(=O)O)[C@@H](C(=O)O)CN1Cc1ccccc1. The van der Waals surface area contributed by atoms with Crippen LogP contribution in [0.2, 0.25) is 0 Å². The molecule has 5 heteroatoms. The molecule has 0 aliphatic carbocycles. The van der Waals surface area contributed by atoms with Crippen LogP contribution in [0.15, 0.2) is 30.3 Å². The summed E-state index contributed by atoms with van der Waals surface area (Å²) >= 11 is 0. The van der Waals surface area contributed by atoms with Crippen LogP contribution < -0.4 is 0 Å². The van der Waals surface area contributed by atoms with Gasteiger partial charge in [-0.3, -0.25) is 14.5 Å². The Hall–Kier alpha value is -1.88. The van der Waals surface area contributed by atoms with Gasteiger partial charge in [0.2, 0.25) is 0 Å². The minimum absolute atomic E-state index is 0.258. The van der Waals surface area contributed by atoms with Crippen molar-refractivity contribution in [2.75, 3.05) is 6.54 Å². The second kappa shape index (κ2) is 5.25. The third-order valence-corrected chi connectivity index (χ3v) is 4.20. The van der Waals surface area contributed by atoms with E-state index >= 15 is 0 Å². The van der Waals surface area contributed by atoms with Crippen molar-refractivity contribution < 1.29 is 19.8 Å². The van der Waals surface area contributed by atoms with E-state index in [1.807, 2.05) is 35.2 Å². The molecule has 0 aromatic heterocycles. The molecule has 0 unspecified atom stereocenters. The van der Waals surface area contributed by atoms with Crippen LogP contribution in [-0.2, 0) is 16.1 Å². The molecule has 2 rings (SSSR count). The number of hydrogen-bond donors (Lipinski definition) is 2. The zero-order chi connectivity index (χ0) is 14.9. The van der Waals surface area contributed by atoms with E-state index < -0.39 is 29.3 Å². The van der Waals surface area contributed by atoms with Crippen molar-refractivity contribution in [2.45, 2.75) is 25.9 Å². The summed E-state index contributed by atoms with van der Waals surface area (Å²) in [5.74, 6) is -3.85. The van der Waals surface area contributed by atoms with E-state index in [2.05, 4.69) is 0 Å². The van der Waals surface area contributed by atoms with Crippen LogP contribution in [0.3, 0.4) is 0 Å². The molecule has 0 amide bonds. The van der Waals surface area contributed by atoms with Gasteiger partial charge in [-0.2, -0.15) is 0 Å². The van der Waals surface area contributed by atoms with Gasteiger partial charge in [-0.25, -0.2) is 0 Å². The zero-order valence-electron chi connectivity index (χ0n) is 11.6. The van der Waals surface area contributed by atoms with Crippen LogP contribution in [0.1, 0.15) is 19.4 Å². The van der Waals surface area contributed by atoms with Crippen LogP contribution in [0.5, 0.6) is 0 Å². The molecule has 1 fully saturated rings. The van der Waals surface area contributed by atoms with Crippen LogP contribution in [0.25, 0.3) is 0 Å². The van der Waals surface area contributed by atoms with Crippen LogP contribution in [0, 0.1) is 11.8 Å². The third kappa shape index (κ3) is 2.54. The smallest absolute Gasteiger partial charge is 0.309 e. The normalized spacial score (nSPS) is 25.5. The van der Waals surface area contributed by atoms with Gasteiger partial charge >= 0.3 is 11.9 Å². The summed E-state index contributed by atoms with van der Waals surface area (Å²) in [6.07, 6.45) is 0. The van der Waals surface area contributed by atoms with Crippen LogP contribution >= 0.6 is 0 Å². The predicted molar refractivity (Wildman–Crippen MR) is 73.2 cm³/mol. The number of nitrogens with zero attached hydrogens (tertiary/aromatic N) is 1. The van der Waals surface area contributed by atoms with Gasteiger partial charge in [-0.15, -0.1) is 0 Å². The van der Waals surface area contributed by atoms with Crippen molar-refractivity contribution in [3.8, 4) is 0 Å². The molecule has 1 aromatic rings. The molecule has 20 heavy (non-hydrogen) atoms. The number of carbonyl (C=O) groups is 2. The molecule has 5 nitrogen and oxygen atoms in total. The number of rotatable bonds is 4. The van der Waals surface area contributed by atoms with Gasteiger partial charge in [-0.05, 0) is 19.4 Å². The Bertz CT molecular complexity index is 512. The standard InChI is InChI=1S/C15H19NO4/c1-15(2)12(14(19)20)11(13(17)18)9-16(15)8-10-6-4-3-5-7-10/h3-7,11-12H,8-9H2,1-2H3,(H,17,18)(H,19,20)/t11-,12+/m0/s1. The van der Waals surface area contributed by atoms with E-state index in [1.165, 1.54) is 0 Å². The fourth-order valence-corrected chi connectivity index (χ4v) is 3.03. The van der Waals surface area contributed by atoms with Gasteiger partial charge in [0.25, 0.3) is 0 Å². The maximum atomic E-state index is 11.4. The molecule has 1 heterocycles. The Morgan fingerprint density at radius 3 is 2.25 bits per heavy atom. The zero-order valence-corrected chi connectivity index (χ0v) is 11.6. The molecular weight excluding hydrogens is 258 g/mol. The van der Waals surface area contributed by atoms with Crippen molar-refractivity contribution in [1.82, 2.24) is 4.90 Å².